The molecular formula is C17H23N3OS. The highest BCUT2D eigenvalue weighted by Crippen LogP contribution is 2.27. The molecule has 2 atom stereocenters. The smallest absolute Gasteiger partial charge is 0.0674 e. The van der Waals surface area contributed by atoms with Crippen LogP contribution in [0.25, 0.3) is 0 Å². The van der Waals surface area contributed by atoms with Gasteiger partial charge in [-0.05, 0) is 37.4 Å². The Morgan fingerprint density at radius 2 is 2.41 bits per heavy atom. The standard InChI is InChI=1S/C17H23N3OS/c1-13-10-15(5-6-18-13)19-11-16(17-4-3-9-22-17)20-7-8-21-14(2)12-20/h3-6,9-10,14,16H,7-8,11-12H2,1-2H3,(H,18,19). The van der Waals surface area contributed by atoms with E-state index in [9.17, 15) is 0 Å². The normalized spacial score (nSPS) is 20.7. The van der Waals surface area contributed by atoms with E-state index in [1.165, 1.54) is 4.88 Å². The van der Waals surface area contributed by atoms with Crippen LogP contribution in [-0.4, -0.2) is 42.2 Å². The Kier molecular flexibility index (Phi) is 5.08. The fourth-order valence-corrected chi connectivity index (χ4v) is 3.75. The van der Waals surface area contributed by atoms with Crippen LogP contribution >= 0.6 is 11.3 Å². The number of hydrogen-bond donors (Lipinski definition) is 1. The van der Waals surface area contributed by atoms with Crippen LogP contribution in [0.1, 0.15) is 23.5 Å². The third kappa shape index (κ3) is 3.85. The van der Waals surface area contributed by atoms with Gasteiger partial charge in [-0.25, -0.2) is 0 Å². The van der Waals surface area contributed by atoms with Gasteiger partial charge in [-0.2, -0.15) is 0 Å². The zero-order chi connectivity index (χ0) is 15.4. The van der Waals surface area contributed by atoms with E-state index in [2.05, 4.69) is 45.7 Å². The van der Waals surface area contributed by atoms with Gasteiger partial charge in [-0.1, -0.05) is 6.07 Å². The van der Waals surface area contributed by atoms with Crippen molar-refractivity contribution >= 4 is 17.0 Å². The molecule has 3 rings (SSSR count). The van der Waals surface area contributed by atoms with Crippen LogP contribution in [-0.2, 0) is 4.74 Å². The number of pyridine rings is 1. The zero-order valence-electron chi connectivity index (χ0n) is 13.2. The predicted octanol–water partition coefficient (Wildman–Crippen LogP) is 3.33. The Hall–Kier alpha value is -1.43. The molecule has 5 heteroatoms. The van der Waals surface area contributed by atoms with E-state index in [-0.39, 0.29) is 0 Å². The summed E-state index contributed by atoms with van der Waals surface area (Å²) in [5.41, 5.74) is 2.17. The van der Waals surface area contributed by atoms with Gasteiger partial charge in [-0.15, -0.1) is 11.3 Å². The summed E-state index contributed by atoms with van der Waals surface area (Å²) >= 11 is 1.83. The summed E-state index contributed by atoms with van der Waals surface area (Å²) in [5.74, 6) is 0. The number of nitrogens with one attached hydrogen (secondary N) is 1. The van der Waals surface area contributed by atoms with E-state index in [0.29, 0.717) is 12.1 Å². The lowest BCUT2D eigenvalue weighted by Crippen LogP contribution is -2.44. The molecule has 1 fully saturated rings. The maximum Gasteiger partial charge on any atom is 0.0674 e. The third-order valence-corrected chi connectivity index (χ3v) is 4.95. The molecule has 22 heavy (non-hydrogen) atoms. The second-order valence-electron chi connectivity index (χ2n) is 5.77. The van der Waals surface area contributed by atoms with E-state index in [1.54, 1.807) is 0 Å². The molecule has 0 saturated carbocycles. The van der Waals surface area contributed by atoms with Crippen LogP contribution < -0.4 is 5.32 Å². The number of rotatable bonds is 5. The lowest BCUT2D eigenvalue weighted by atomic mass is 10.1. The Balaban J connectivity index is 1.71. The third-order valence-electron chi connectivity index (χ3n) is 3.98. The summed E-state index contributed by atoms with van der Waals surface area (Å²) in [6.07, 6.45) is 2.16. The molecule has 1 aliphatic rings. The summed E-state index contributed by atoms with van der Waals surface area (Å²) in [6, 6.07) is 8.87. The van der Waals surface area contributed by atoms with Crippen molar-refractivity contribution in [2.45, 2.75) is 26.0 Å². The first-order valence-electron chi connectivity index (χ1n) is 7.78. The first-order valence-corrected chi connectivity index (χ1v) is 8.66. The molecule has 3 heterocycles. The number of aryl methyl sites for hydroxylation is 1. The molecule has 1 aliphatic heterocycles. The molecule has 2 aromatic heterocycles. The molecule has 0 radical (unpaired) electrons. The van der Waals surface area contributed by atoms with E-state index in [4.69, 9.17) is 4.74 Å². The molecule has 0 aliphatic carbocycles. The number of anilines is 1. The van der Waals surface area contributed by atoms with Gasteiger partial charge in [0.05, 0.1) is 18.8 Å². The molecule has 1 N–H and O–H groups in total. The lowest BCUT2D eigenvalue weighted by Gasteiger charge is -2.37. The molecule has 0 bridgehead atoms. The van der Waals surface area contributed by atoms with E-state index >= 15 is 0 Å². The molecule has 0 aromatic carbocycles. The van der Waals surface area contributed by atoms with Crippen molar-refractivity contribution in [2.24, 2.45) is 0 Å². The highest BCUT2D eigenvalue weighted by molar-refractivity contribution is 7.10. The van der Waals surface area contributed by atoms with Crippen molar-refractivity contribution in [3.8, 4) is 0 Å². The van der Waals surface area contributed by atoms with Crippen molar-refractivity contribution < 1.29 is 4.74 Å². The van der Waals surface area contributed by atoms with Gasteiger partial charge < -0.3 is 10.1 Å². The highest BCUT2D eigenvalue weighted by atomic mass is 32.1. The van der Waals surface area contributed by atoms with Crippen molar-refractivity contribution in [2.75, 3.05) is 31.6 Å². The van der Waals surface area contributed by atoms with Crippen LogP contribution in [0, 0.1) is 6.92 Å². The fraction of sp³-hybridized carbons (Fsp3) is 0.471. The van der Waals surface area contributed by atoms with E-state index in [0.717, 1.165) is 37.6 Å². The average molecular weight is 317 g/mol. The molecule has 2 unspecified atom stereocenters. The van der Waals surface area contributed by atoms with Gasteiger partial charge >= 0.3 is 0 Å². The average Bonchev–Trinajstić information content (AvgIpc) is 3.02. The van der Waals surface area contributed by atoms with Gasteiger partial charge in [0.15, 0.2) is 0 Å². The van der Waals surface area contributed by atoms with Crippen molar-refractivity contribution in [1.29, 1.82) is 0 Å². The second-order valence-corrected chi connectivity index (χ2v) is 6.75. The van der Waals surface area contributed by atoms with Gasteiger partial charge in [0.25, 0.3) is 0 Å². The summed E-state index contributed by atoms with van der Waals surface area (Å²) in [6.45, 7) is 7.86. The molecule has 0 spiro atoms. The van der Waals surface area contributed by atoms with Crippen molar-refractivity contribution in [3.63, 3.8) is 0 Å². The number of thiophene rings is 1. The molecule has 2 aromatic rings. The van der Waals surface area contributed by atoms with Gasteiger partial charge in [0, 0.05) is 42.1 Å². The molecular weight excluding hydrogens is 294 g/mol. The van der Waals surface area contributed by atoms with Gasteiger partial charge in [0.2, 0.25) is 0 Å². The topological polar surface area (TPSA) is 37.4 Å². The van der Waals surface area contributed by atoms with E-state index < -0.39 is 0 Å². The summed E-state index contributed by atoms with van der Waals surface area (Å²) in [4.78, 5) is 8.19. The number of nitrogens with zero attached hydrogens (tertiary/aromatic N) is 2. The molecule has 118 valence electrons. The number of ether oxygens (including phenoxy) is 1. The number of morpholine rings is 1. The summed E-state index contributed by atoms with van der Waals surface area (Å²) in [5, 5.41) is 5.73. The van der Waals surface area contributed by atoms with Crippen LogP contribution in [0.4, 0.5) is 5.69 Å². The van der Waals surface area contributed by atoms with Crippen LogP contribution in [0.3, 0.4) is 0 Å². The number of hydrogen-bond acceptors (Lipinski definition) is 5. The zero-order valence-corrected chi connectivity index (χ0v) is 14.0. The minimum atomic E-state index is 0.305. The van der Waals surface area contributed by atoms with Gasteiger partial charge in [-0.3, -0.25) is 9.88 Å². The van der Waals surface area contributed by atoms with Crippen LogP contribution in [0.15, 0.2) is 35.8 Å². The molecule has 1 saturated heterocycles. The Morgan fingerprint density at radius 1 is 1.50 bits per heavy atom. The first-order chi connectivity index (χ1) is 10.7. The van der Waals surface area contributed by atoms with Gasteiger partial charge in [0.1, 0.15) is 0 Å². The maximum absolute atomic E-state index is 5.69. The van der Waals surface area contributed by atoms with E-state index in [1.807, 2.05) is 30.5 Å². The Morgan fingerprint density at radius 3 is 3.14 bits per heavy atom. The summed E-state index contributed by atoms with van der Waals surface area (Å²) in [7, 11) is 0. The van der Waals surface area contributed by atoms with Crippen molar-refractivity contribution in [1.82, 2.24) is 9.88 Å². The Labute approximate surface area is 136 Å². The van der Waals surface area contributed by atoms with Crippen LogP contribution in [0.2, 0.25) is 0 Å². The first kappa shape index (κ1) is 15.5. The predicted molar refractivity (Wildman–Crippen MR) is 91.5 cm³/mol. The largest absolute Gasteiger partial charge is 0.383 e. The Bertz CT molecular complexity index is 587. The monoisotopic (exact) mass is 317 g/mol. The minimum absolute atomic E-state index is 0.305. The molecule has 0 amide bonds. The maximum atomic E-state index is 5.69. The molecule has 4 nitrogen and oxygen atoms in total. The number of aromatic nitrogens is 1. The lowest BCUT2D eigenvalue weighted by molar-refractivity contribution is -0.0322. The highest BCUT2D eigenvalue weighted by Gasteiger charge is 2.26. The quantitative estimate of drug-likeness (QED) is 0.918. The summed E-state index contributed by atoms with van der Waals surface area (Å²) < 4.78 is 5.69. The SMILES string of the molecule is Cc1cc(NCC(c2cccs2)N2CCOC(C)C2)ccn1. The van der Waals surface area contributed by atoms with Crippen LogP contribution in [0.5, 0.6) is 0 Å². The fourth-order valence-electron chi connectivity index (χ4n) is 2.89. The second kappa shape index (κ2) is 7.22. The minimum Gasteiger partial charge on any atom is -0.383 e. The van der Waals surface area contributed by atoms with Crippen molar-refractivity contribution in [3.05, 3.63) is 46.4 Å².